The summed E-state index contributed by atoms with van der Waals surface area (Å²) in [5.41, 5.74) is 6.63. The third-order valence-corrected chi connectivity index (χ3v) is 3.57. The van der Waals surface area contributed by atoms with Crippen molar-refractivity contribution in [2.45, 2.75) is 39.3 Å². The molecule has 90 valence electrons. The molecular formula is C12H20ClN3. The molecule has 1 aromatic rings. The Kier molecular flexibility index (Phi) is 4.16. The molecule has 0 aliphatic heterocycles. The Labute approximate surface area is 103 Å². The van der Waals surface area contributed by atoms with E-state index in [9.17, 15) is 0 Å². The predicted octanol–water partition coefficient (Wildman–Crippen LogP) is 2.94. The molecule has 16 heavy (non-hydrogen) atoms. The van der Waals surface area contributed by atoms with Crippen LogP contribution in [0, 0.1) is 0 Å². The summed E-state index contributed by atoms with van der Waals surface area (Å²) < 4.78 is 0. The minimum absolute atomic E-state index is 0.135. The lowest BCUT2D eigenvalue weighted by Crippen LogP contribution is -2.40. The molecule has 4 heteroatoms. The smallest absolute Gasteiger partial charge is 0.123 e. The molecule has 0 bridgehead atoms. The van der Waals surface area contributed by atoms with Gasteiger partial charge in [-0.2, -0.15) is 0 Å². The maximum absolute atomic E-state index is 6.09. The summed E-state index contributed by atoms with van der Waals surface area (Å²) in [7, 11) is 2.07. The van der Waals surface area contributed by atoms with E-state index in [1.54, 1.807) is 12.1 Å². The number of hydrogen-bond acceptors (Lipinski definition) is 3. The molecule has 0 unspecified atom stereocenters. The lowest BCUT2D eigenvalue weighted by atomic mass is 10.00. The van der Waals surface area contributed by atoms with Crippen molar-refractivity contribution in [2.75, 3.05) is 12.8 Å². The summed E-state index contributed by atoms with van der Waals surface area (Å²) in [6, 6.07) is 3.52. The summed E-state index contributed by atoms with van der Waals surface area (Å²) in [5.74, 6) is 0.516. The van der Waals surface area contributed by atoms with E-state index >= 15 is 0 Å². The molecule has 0 radical (unpaired) electrons. The minimum Gasteiger partial charge on any atom is -0.384 e. The van der Waals surface area contributed by atoms with Crippen molar-refractivity contribution in [3.63, 3.8) is 0 Å². The minimum atomic E-state index is 0.135. The molecular weight excluding hydrogens is 222 g/mol. The van der Waals surface area contributed by atoms with Gasteiger partial charge in [0.2, 0.25) is 0 Å². The average Bonchev–Trinajstić information content (AvgIpc) is 2.23. The van der Waals surface area contributed by atoms with Crippen LogP contribution in [0.4, 0.5) is 5.82 Å². The normalized spacial score (nSPS) is 12.1. The van der Waals surface area contributed by atoms with Gasteiger partial charge in [0.05, 0.1) is 10.7 Å². The van der Waals surface area contributed by atoms with Gasteiger partial charge in [-0.05, 0) is 39.4 Å². The second kappa shape index (κ2) is 5.02. The zero-order valence-electron chi connectivity index (χ0n) is 10.4. The number of hydrogen-bond donors (Lipinski definition) is 1. The van der Waals surface area contributed by atoms with E-state index in [0.717, 1.165) is 12.1 Å². The third kappa shape index (κ3) is 3.09. The van der Waals surface area contributed by atoms with E-state index in [-0.39, 0.29) is 5.54 Å². The highest BCUT2D eigenvalue weighted by atomic mass is 35.5. The summed E-state index contributed by atoms with van der Waals surface area (Å²) in [4.78, 5) is 6.50. The van der Waals surface area contributed by atoms with Crippen molar-refractivity contribution in [3.8, 4) is 0 Å². The van der Waals surface area contributed by atoms with E-state index in [0.29, 0.717) is 17.4 Å². The summed E-state index contributed by atoms with van der Waals surface area (Å²) in [6.45, 7) is 7.29. The Morgan fingerprint density at radius 2 is 2.06 bits per heavy atom. The zero-order chi connectivity index (χ0) is 12.3. The Balaban J connectivity index is 2.84. The van der Waals surface area contributed by atoms with Crippen LogP contribution in [0.2, 0.25) is 5.02 Å². The van der Waals surface area contributed by atoms with E-state index in [4.69, 9.17) is 17.3 Å². The van der Waals surface area contributed by atoms with Crippen LogP contribution >= 0.6 is 11.6 Å². The third-order valence-electron chi connectivity index (χ3n) is 3.23. The first-order valence-electron chi connectivity index (χ1n) is 5.49. The summed E-state index contributed by atoms with van der Waals surface area (Å²) in [6.07, 6.45) is 1.07. The first-order valence-corrected chi connectivity index (χ1v) is 5.86. The van der Waals surface area contributed by atoms with Gasteiger partial charge < -0.3 is 5.73 Å². The van der Waals surface area contributed by atoms with Gasteiger partial charge in [-0.25, -0.2) is 4.98 Å². The Morgan fingerprint density at radius 3 is 2.62 bits per heavy atom. The molecule has 0 aliphatic carbocycles. The molecule has 3 nitrogen and oxygen atoms in total. The number of nitrogen functional groups attached to an aromatic ring is 1. The molecule has 0 saturated carbocycles. The van der Waals surface area contributed by atoms with Crippen molar-refractivity contribution in [1.82, 2.24) is 9.88 Å². The van der Waals surface area contributed by atoms with Gasteiger partial charge in [-0.15, -0.1) is 0 Å². The van der Waals surface area contributed by atoms with Crippen molar-refractivity contribution in [2.24, 2.45) is 0 Å². The topological polar surface area (TPSA) is 42.2 Å². The van der Waals surface area contributed by atoms with Gasteiger partial charge in [0.15, 0.2) is 0 Å². The number of anilines is 1. The average molecular weight is 242 g/mol. The SMILES string of the molecule is CCC(C)(C)N(C)Cc1nc(N)ccc1Cl. The van der Waals surface area contributed by atoms with Crippen LogP contribution in [0.25, 0.3) is 0 Å². The molecule has 0 spiro atoms. The lowest BCUT2D eigenvalue weighted by Gasteiger charge is -2.34. The second-order valence-corrected chi connectivity index (χ2v) is 5.09. The molecule has 0 fully saturated rings. The van der Waals surface area contributed by atoms with Crippen LogP contribution in [0.3, 0.4) is 0 Å². The first kappa shape index (κ1) is 13.3. The van der Waals surface area contributed by atoms with Crippen LogP contribution < -0.4 is 5.73 Å². The number of halogens is 1. The van der Waals surface area contributed by atoms with Crippen molar-refractivity contribution in [1.29, 1.82) is 0 Å². The largest absolute Gasteiger partial charge is 0.384 e. The van der Waals surface area contributed by atoms with Gasteiger partial charge >= 0.3 is 0 Å². The van der Waals surface area contributed by atoms with E-state index in [2.05, 4.69) is 37.7 Å². The van der Waals surface area contributed by atoms with Gasteiger partial charge in [0.25, 0.3) is 0 Å². The van der Waals surface area contributed by atoms with Gasteiger partial charge in [0, 0.05) is 12.1 Å². The highest BCUT2D eigenvalue weighted by Gasteiger charge is 2.22. The van der Waals surface area contributed by atoms with Gasteiger partial charge in [0.1, 0.15) is 5.82 Å². The number of pyridine rings is 1. The molecule has 0 amide bonds. The monoisotopic (exact) mass is 241 g/mol. The zero-order valence-corrected chi connectivity index (χ0v) is 11.2. The first-order chi connectivity index (χ1) is 7.36. The molecule has 2 N–H and O–H groups in total. The Bertz CT molecular complexity index is 363. The van der Waals surface area contributed by atoms with Crippen LogP contribution in [0.1, 0.15) is 32.9 Å². The van der Waals surface area contributed by atoms with Crippen LogP contribution in [-0.4, -0.2) is 22.5 Å². The molecule has 1 heterocycles. The maximum Gasteiger partial charge on any atom is 0.123 e. The van der Waals surface area contributed by atoms with E-state index in [1.807, 2.05) is 0 Å². The molecule has 0 aliphatic rings. The predicted molar refractivity (Wildman–Crippen MR) is 69.5 cm³/mol. The second-order valence-electron chi connectivity index (χ2n) is 4.69. The molecule has 1 aromatic heterocycles. The number of nitrogens with zero attached hydrogens (tertiary/aromatic N) is 2. The van der Waals surface area contributed by atoms with Crippen LogP contribution in [0.15, 0.2) is 12.1 Å². The molecule has 0 aromatic carbocycles. The fourth-order valence-corrected chi connectivity index (χ4v) is 1.49. The van der Waals surface area contributed by atoms with Crippen LogP contribution in [0.5, 0.6) is 0 Å². The van der Waals surface area contributed by atoms with E-state index < -0.39 is 0 Å². The fourth-order valence-electron chi connectivity index (χ4n) is 1.32. The standard InChI is InChI=1S/C12H20ClN3/c1-5-12(2,3)16(4)8-10-9(13)6-7-11(14)15-10/h6-7H,5,8H2,1-4H3,(H2,14,15). The summed E-state index contributed by atoms with van der Waals surface area (Å²) in [5, 5.41) is 0.674. The van der Waals surface area contributed by atoms with Crippen molar-refractivity contribution in [3.05, 3.63) is 22.8 Å². The number of aromatic nitrogens is 1. The Hall–Kier alpha value is -0.800. The number of rotatable bonds is 4. The molecule has 0 atom stereocenters. The van der Waals surface area contributed by atoms with Crippen molar-refractivity contribution >= 4 is 17.4 Å². The number of nitrogens with two attached hydrogens (primary N) is 1. The lowest BCUT2D eigenvalue weighted by molar-refractivity contribution is 0.141. The van der Waals surface area contributed by atoms with E-state index in [1.165, 1.54) is 0 Å². The van der Waals surface area contributed by atoms with Crippen molar-refractivity contribution < 1.29 is 0 Å². The maximum atomic E-state index is 6.09. The summed E-state index contributed by atoms with van der Waals surface area (Å²) >= 11 is 6.09. The fraction of sp³-hybridized carbons (Fsp3) is 0.583. The Morgan fingerprint density at radius 1 is 1.44 bits per heavy atom. The molecule has 1 rings (SSSR count). The highest BCUT2D eigenvalue weighted by Crippen LogP contribution is 2.22. The van der Waals surface area contributed by atoms with Crippen LogP contribution in [-0.2, 0) is 6.54 Å². The van der Waals surface area contributed by atoms with Gasteiger partial charge in [-0.1, -0.05) is 18.5 Å². The highest BCUT2D eigenvalue weighted by molar-refractivity contribution is 6.31. The quantitative estimate of drug-likeness (QED) is 0.882. The molecule has 0 saturated heterocycles. The van der Waals surface area contributed by atoms with Gasteiger partial charge in [-0.3, -0.25) is 4.90 Å².